The van der Waals surface area contributed by atoms with Crippen molar-refractivity contribution in [3.05, 3.63) is 122 Å². The van der Waals surface area contributed by atoms with Crippen LogP contribution in [0.25, 0.3) is 28.1 Å². The normalized spacial score (nSPS) is 12.3. The lowest BCUT2D eigenvalue weighted by Gasteiger charge is -2.07. The zero-order valence-corrected chi connectivity index (χ0v) is 21.7. The minimum absolute atomic E-state index is 0.223. The molecular weight excluding hydrogens is 520 g/mol. The van der Waals surface area contributed by atoms with Gasteiger partial charge < -0.3 is 4.42 Å². The monoisotopic (exact) mass is 541 g/mol. The van der Waals surface area contributed by atoms with E-state index in [1.807, 2.05) is 60.7 Å². The van der Waals surface area contributed by atoms with Crippen molar-refractivity contribution < 1.29 is 13.2 Å². The fourth-order valence-electron chi connectivity index (χ4n) is 4.30. The topological polar surface area (TPSA) is 69.7 Å². The molecule has 0 bridgehead atoms. The molecule has 0 saturated carbocycles. The van der Waals surface area contributed by atoms with Gasteiger partial charge in [0.1, 0.15) is 22.9 Å². The number of nitrogens with zero attached hydrogens (tertiary/aromatic N) is 5. The van der Waals surface area contributed by atoms with Gasteiger partial charge in [-0.2, -0.15) is 5.10 Å². The van der Waals surface area contributed by atoms with E-state index in [4.69, 9.17) is 4.42 Å². The minimum Gasteiger partial charge on any atom is -0.454 e. The predicted molar refractivity (Wildman–Crippen MR) is 148 cm³/mol. The number of hydrogen-bond donors (Lipinski definition) is 0. The van der Waals surface area contributed by atoms with Crippen molar-refractivity contribution in [2.24, 2.45) is 17.1 Å². The summed E-state index contributed by atoms with van der Waals surface area (Å²) < 4.78 is 39.5. The minimum atomic E-state index is -0.747. The van der Waals surface area contributed by atoms with Crippen LogP contribution in [-0.4, -0.2) is 20.3 Å². The van der Waals surface area contributed by atoms with E-state index in [-0.39, 0.29) is 16.8 Å². The summed E-state index contributed by atoms with van der Waals surface area (Å²) in [7, 11) is 1.78. The molecule has 3 aromatic heterocycles. The second kappa shape index (κ2) is 9.80. The standard InChI is InChI=1S/C29H21F2N5O2S/c1-18-27(28(37)36(34(18)2)20-10-4-3-5-11-20)33-29-35(32-16-21-22(30)12-8-13-23(21)31)24(17-39-29)26-15-19-9-6-7-14-25(19)38-26/h3-17H,1-2H3. The van der Waals surface area contributed by atoms with Crippen LogP contribution in [0.5, 0.6) is 0 Å². The van der Waals surface area contributed by atoms with Gasteiger partial charge in [0.05, 0.1) is 23.2 Å². The van der Waals surface area contributed by atoms with Gasteiger partial charge >= 0.3 is 0 Å². The highest BCUT2D eigenvalue weighted by atomic mass is 32.1. The molecule has 6 rings (SSSR count). The molecular formula is C29H21F2N5O2S. The number of hydrogen-bond acceptors (Lipinski definition) is 5. The molecule has 0 aliphatic rings. The fourth-order valence-corrected chi connectivity index (χ4v) is 5.12. The zero-order chi connectivity index (χ0) is 27.1. The Kier molecular flexibility index (Phi) is 6.16. The van der Waals surface area contributed by atoms with Gasteiger partial charge in [-0.15, -0.1) is 11.3 Å². The van der Waals surface area contributed by atoms with Gasteiger partial charge in [0.15, 0.2) is 11.4 Å². The van der Waals surface area contributed by atoms with E-state index >= 15 is 0 Å². The summed E-state index contributed by atoms with van der Waals surface area (Å²) >= 11 is 1.23. The summed E-state index contributed by atoms with van der Waals surface area (Å²) in [6.07, 6.45) is 1.10. The molecule has 6 aromatic rings. The van der Waals surface area contributed by atoms with Crippen molar-refractivity contribution in [2.45, 2.75) is 6.92 Å². The summed E-state index contributed by atoms with van der Waals surface area (Å²) in [5, 5.41) is 7.06. The molecule has 0 atom stereocenters. The van der Waals surface area contributed by atoms with E-state index in [1.54, 1.807) is 24.0 Å². The largest absolute Gasteiger partial charge is 0.454 e. The zero-order valence-electron chi connectivity index (χ0n) is 20.9. The number of fused-ring (bicyclic) bond motifs is 1. The van der Waals surface area contributed by atoms with Gasteiger partial charge in [0.25, 0.3) is 5.56 Å². The number of para-hydroxylation sites is 2. The average molecular weight is 542 g/mol. The maximum atomic E-state index is 14.4. The number of halogens is 2. The van der Waals surface area contributed by atoms with E-state index in [2.05, 4.69) is 10.1 Å². The van der Waals surface area contributed by atoms with Crippen molar-refractivity contribution in [2.75, 3.05) is 0 Å². The van der Waals surface area contributed by atoms with Crippen molar-refractivity contribution in [3.8, 4) is 17.1 Å². The predicted octanol–water partition coefficient (Wildman–Crippen LogP) is 6.15. The summed E-state index contributed by atoms with van der Waals surface area (Å²) in [4.78, 5) is 18.5. The molecule has 0 radical (unpaired) electrons. The van der Waals surface area contributed by atoms with Crippen LogP contribution in [0.15, 0.2) is 104 Å². The van der Waals surface area contributed by atoms with Crippen LogP contribution in [-0.2, 0) is 7.05 Å². The van der Waals surface area contributed by atoms with E-state index < -0.39 is 11.6 Å². The Labute approximate surface area is 224 Å². The first-order chi connectivity index (χ1) is 18.9. The summed E-state index contributed by atoms with van der Waals surface area (Å²) in [5.74, 6) is -1.00. The Morgan fingerprint density at radius 3 is 2.41 bits per heavy atom. The van der Waals surface area contributed by atoms with Crippen molar-refractivity contribution in [3.63, 3.8) is 0 Å². The van der Waals surface area contributed by atoms with Gasteiger partial charge in [-0.3, -0.25) is 9.48 Å². The van der Waals surface area contributed by atoms with Gasteiger partial charge in [0, 0.05) is 17.8 Å². The maximum absolute atomic E-state index is 14.4. The number of thiazole rings is 1. The summed E-state index contributed by atoms with van der Waals surface area (Å²) in [5.41, 5.74) is 2.15. The second-order valence-electron chi connectivity index (χ2n) is 8.77. The van der Waals surface area contributed by atoms with Crippen molar-refractivity contribution in [1.29, 1.82) is 0 Å². The molecule has 194 valence electrons. The second-order valence-corrected chi connectivity index (χ2v) is 9.60. The quantitative estimate of drug-likeness (QED) is 0.246. The molecule has 39 heavy (non-hydrogen) atoms. The SMILES string of the molecule is Cc1c(N=c2scc(-c3cc4ccccc4o3)n2N=Cc2c(F)cccc2F)c(=O)n(-c2ccccc2)n1C. The number of benzene rings is 3. The first kappa shape index (κ1) is 24.5. The molecule has 0 amide bonds. The Morgan fingerprint density at radius 1 is 0.949 bits per heavy atom. The molecule has 3 heterocycles. The van der Waals surface area contributed by atoms with Crippen LogP contribution >= 0.6 is 11.3 Å². The average Bonchev–Trinajstić information content (AvgIpc) is 3.60. The summed E-state index contributed by atoms with van der Waals surface area (Å²) in [6.45, 7) is 1.80. The van der Waals surface area contributed by atoms with Crippen LogP contribution in [0, 0.1) is 18.6 Å². The molecule has 10 heteroatoms. The van der Waals surface area contributed by atoms with E-state index in [0.29, 0.717) is 33.2 Å². The van der Waals surface area contributed by atoms with Crippen LogP contribution in [0.1, 0.15) is 11.3 Å². The Bertz CT molecular complexity index is 1940. The molecule has 0 spiro atoms. The molecule has 7 nitrogen and oxygen atoms in total. The Balaban J connectivity index is 1.56. The molecule has 0 aliphatic heterocycles. The molecule has 0 saturated heterocycles. The van der Waals surface area contributed by atoms with Crippen molar-refractivity contribution in [1.82, 2.24) is 14.0 Å². The number of furan rings is 1. The highest BCUT2D eigenvalue weighted by molar-refractivity contribution is 7.07. The molecule has 0 fully saturated rings. The van der Waals surface area contributed by atoms with Gasteiger partial charge in [-0.05, 0) is 43.3 Å². The highest BCUT2D eigenvalue weighted by Crippen LogP contribution is 2.28. The van der Waals surface area contributed by atoms with Crippen LogP contribution in [0.3, 0.4) is 0 Å². The first-order valence-electron chi connectivity index (χ1n) is 12.0. The van der Waals surface area contributed by atoms with Crippen LogP contribution in [0.2, 0.25) is 0 Å². The number of aromatic nitrogens is 3. The van der Waals surface area contributed by atoms with E-state index in [9.17, 15) is 13.6 Å². The third kappa shape index (κ3) is 4.34. The van der Waals surface area contributed by atoms with Crippen LogP contribution in [0.4, 0.5) is 14.5 Å². The molecule has 0 aliphatic carbocycles. The van der Waals surface area contributed by atoms with Gasteiger partial charge in [-0.25, -0.2) is 23.1 Å². The first-order valence-corrected chi connectivity index (χ1v) is 12.9. The van der Waals surface area contributed by atoms with E-state index in [1.165, 1.54) is 26.8 Å². The molecule has 3 aromatic carbocycles. The van der Waals surface area contributed by atoms with Crippen LogP contribution < -0.4 is 10.4 Å². The maximum Gasteiger partial charge on any atom is 0.297 e. The molecule has 0 unspecified atom stereocenters. The lowest BCUT2D eigenvalue weighted by atomic mass is 10.2. The lowest BCUT2D eigenvalue weighted by molar-refractivity contribution is 0.579. The van der Waals surface area contributed by atoms with Crippen molar-refractivity contribution >= 4 is 34.2 Å². The third-order valence-corrected chi connectivity index (χ3v) is 7.21. The fraction of sp³-hybridized carbons (Fsp3) is 0.0690. The lowest BCUT2D eigenvalue weighted by Crippen LogP contribution is -2.19. The highest BCUT2D eigenvalue weighted by Gasteiger charge is 2.18. The van der Waals surface area contributed by atoms with E-state index in [0.717, 1.165) is 23.7 Å². The van der Waals surface area contributed by atoms with Gasteiger partial charge in [-0.1, -0.05) is 42.5 Å². The number of rotatable bonds is 5. The smallest absolute Gasteiger partial charge is 0.297 e. The molecule has 0 N–H and O–H groups in total. The Hall–Kier alpha value is -4.83. The third-order valence-electron chi connectivity index (χ3n) is 6.40. The summed E-state index contributed by atoms with van der Waals surface area (Å²) in [6, 6.07) is 22.2. The Morgan fingerprint density at radius 2 is 1.67 bits per heavy atom. The van der Waals surface area contributed by atoms with Gasteiger partial charge in [0.2, 0.25) is 4.80 Å².